The standard InChI is InChI=1S/C22H13ClF2N4O4/c23-12-4-2-6-16(18(12)25)29-19(30)11-3-1-5-13(24)17(11)22(29,32)10-7-8-14-15(9-10)28-21(27-14)33-20(26)31/h1-9,32H,(H2,26,31)(H,27,28). The van der Waals surface area contributed by atoms with E-state index in [1.165, 1.54) is 48.5 Å². The second-order valence-corrected chi connectivity index (χ2v) is 7.65. The highest BCUT2D eigenvalue weighted by atomic mass is 35.5. The molecule has 1 unspecified atom stereocenters. The molecule has 0 saturated carbocycles. The summed E-state index contributed by atoms with van der Waals surface area (Å²) in [6.07, 6.45) is -1.09. The number of nitrogens with zero attached hydrogens (tertiary/aromatic N) is 2. The fraction of sp³-hybridized carbons (Fsp3) is 0.0455. The Labute approximate surface area is 189 Å². The summed E-state index contributed by atoms with van der Waals surface area (Å²) >= 11 is 5.91. The van der Waals surface area contributed by atoms with Crippen molar-refractivity contribution < 1.29 is 28.2 Å². The van der Waals surface area contributed by atoms with Gasteiger partial charge >= 0.3 is 12.1 Å². The molecule has 0 spiro atoms. The van der Waals surface area contributed by atoms with Crippen LogP contribution < -0.4 is 15.4 Å². The molecule has 8 nitrogen and oxygen atoms in total. The van der Waals surface area contributed by atoms with Gasteiger partial charge in [0.15, 0.2) is 5.82 Å². The Morgan fingerprint density at radius 1 is 1.18 bits per heavy atom. The first kappa shape index (κ1) is 20.9. The van der Waals surface area contributed by atoms with Crippen molar-refractivity contribution in [3.8, 4) is 6.01 Å². The summed E-state index contributed by atoms with van der Waals surface area (Å²) in [7, 11) is 0. The van der Waals surface area contributed by atoms with Crippen LogP contribution in [0, 0.1) is 11.6 Å². The van der Waals surface area contributed by atoms with E-state index in [1.54, 1.807) is 0 Å². The zero-order valence-corrected chi connectivity index (χ0v) is 17.2. The third kappa shape index (κ3) is 3.03. The zero-order chi connectivity index (χ0) is 23.5. The average molecular weight is 471 g/mol. The fourth-order valence-electron chi connectivity index (χ4n) is 4.00. The van der Waals surface area contributed by atoms with Crippen molar-refractivity contribution in [1.29, 1.82) is 0 Å². The van der Waals surface area contributed by atoms with Gasteiger partial charge in [-0.15, -0.1) is 0 Å². The van der Waals surface area contributed by atoms with Gasteiger partial charge in [-0.25, -0.2) is 13.6 Å². The highest BCUT2D eigenvalue weighted by Crippen LogP contribution is 2.47. The SMILES string of the molecule is NC(=O)Oc1nc2ccc(C3(O)c4c(F)cccc4C(=O)N3c3cccc(Cl)c3F)cc2[nH]1. The minimum atomic E-state index is -2.44. The number of aliphatic hydroxyl groups is 1. The number of ether oxygens (including phenoxy) is 1. The quantitative estimate of drug-likeness (QED) is 0.420. The van der Waals surface area contributed by atoms with Crippen molar-refractivity contribution >= 4 is 40.3 Å². The maximum Gasteiger partial charge on any atom is 0.412 e. The van der Waals surface area contributed by atoms with Crippen molar-refractivity contribution in [2.45, 2.75) is 5.72 Å². The summed E-state index contributed by atoms with van der Waals surface area (Å²) in [4.78, 5) is 31.8. The normalized spacial score (nSPS) is 17.5. The van der Waals surface area contributed by atoms with Crippen LogP contribution in [0.1, 0.15) is 21.5 Å². The molecule has 2 heterocycles. The Balaban J connectivity index is 1.77. The predicted octanol–water partition coefficient (Wildman–Crippen LogP) is 3.81. The van der Waals surface area contributed by atoms with Crippen LogP contribution in [0.4, 0.5) is 19.3 Å². The van der Waals surface area contributed by atoms with E-state index in [2.05, 4.69) is 9.97 Å². The first-order chi connectivity index (χ1) is 15.7. The van der Waals surface area contributed by atoms with Crippen molar-refractivity contribution in [3.63, 3.8) is 0 Å². The second kappa shape index (κ2) is 7.26. The number of H-pyrrole nitrogens is 1. The monoisotopic (exact) mass is 470 g/mol. The van der Waals surface area contributed by atoms with E-state index in [0.717, 1.165) is 11.0 Å². The largest absolute Gasteiger partial charge is 0.412 e. The van der Waals surface area contributed by atoms with Gasteiger partial charge in [0.25, 0.3) is 5.91 Å². The molecule has 3 aromatic carbocycles. The minimum absolute atomic E-state index is 0.0147. The summed E-state index contributed by atoms with van der Waals surface area (Å²) in [5, 5.41) is 11.6. The number of anilines is 1. The van der Waals surface area contributed by atoms with Crippen LogP contribution in [-0.4, -0.2) is 27.1 Å². The van der Waals surface area contributed by atoms with Crippen LogP contribution in [0.25, 0.3) is 11.0 Å². The van der Waals surface area contributed by atoms with E-state index in [4.69, 9.17) is 22.1 Å². The number of hydrogen-bond acceptors (Lipinski definition) is 5. The van der Waals surface area contributed by atoms with Gasteiger partial charge in [-0.3, -0.25) is 9.69 Å². The number of aromatic nitrogens is 2. The number of amides is 2. The Kier molecular flexibility index (Phi) is 4.59. The van der Waals surface area contributed by atoms with Crippen LogP contribution >= 0.6 is 11.6 Å². The van der Waals surface area contributed by atoms with Gasteiger partial charge in [0.1, 0.15) is 5.82 Å². The Hall–Kier alpha value is -4.02. The zero-order valence-electron chi connectivity index (χ0n) is 16.5. The Bertz CT molecular complexity index is 1470. The van der Waals surface area contributed by atoms with E-state index in [1.807, 2.05) is 0 Å². The van der Waals surface area contributed by atoms with Crippen LogP contribution in [0.15, 0.2) is 54.6 Å². The summed E-state index contributed by atoms with van der Waals surface area (Å²) in [6, 6.07) is 11.7. The van der Waals surface area contributed by atoms with E-state index < -0.39 is 29.4 Å². The number of carbonyl (C=O) groups is 2. The number of nitrogens with one attached hydrogen (secondary N) is 1. The first-order valence-corrected chi connectivity index (χ1v) is 9.87. The summed E-state index contributed by atoms with van der Waals surface area (Å²) in [5.74, 6) is -2.65. The summed E-state index contributed by atoms with van der Waals surface area (Å²) in [5.41, 5.74) is 2.36. The van der Waals surface area contributed by atoms with E-state index in [9.17, 15) is 19.1 Å². The lowest BCUT2D eigenvalue weighted by Crippen LogP contribution is -2.45. The maximum absolute atomic E-state index is 15.0. The van der Waals surface area contributed by atoms with Gasteiger partial charge < -0.3 is 20.6 Å². The summed E-state index contributed by atoms with van der Waals surface area (Å²) < 4.78 is 34.7. The van der Waals surface area contributed by atoms with E-state index >= 15 is 4.39 Å². The van der Waals surface area contributed by atoms with Gasteiger partial charge in [-0.1, -0.05) is 29.8 Å². The molecule has 0 aliphatic carbocycles. The molecule has 2 amide bonds. The number of halogens is 3. The topological polar surface area (TPSA) is 122 Å². The predicted molar refractivity (Wildman–Crippen MR) is 114 cm³/mol. The molecule has 0 fully saturated rings. The van der Waals surface area contributed by atoms with Gasteiger partial charge in [-0.05, 0) is 36.4 Å². The number of fused-ring (bicyclic) bond motifs is 2. The van der Waals surface area contributed by atoms with Crippen LogP contribution in [0.5, 0.6) is 6.01 Å². The molecule has 1 aromatic heterocycles. The smallest absolute Gasteiger partial charge is 0.376 e. The molecule has 0 bridgehead atoms. The molecule has 5 rings (SSSR count). The number of nitrogens with two attached hydrogens (primary N) is 1. The third-order valence-corrected chi connectivity index (χ3v) is 5.64. The van der Waals surface area contributed by atoms with Gasteiger partial charge in [0.05, 0.1) is 32.9 Å². The molecule has 0 saturated heterocycles. The number of rotatable bonds is 3. The Morgan fingerprint density at radius 3 is 2.70 bits per heavy atom. The molecule has 1 aliphatic heterocycles. The Morgan fingerprint density at radius 2 is 1.94 bits per heavy atom. The third-order valence-electron chi connectivity index (χ3n) is 5.35. The molecule has 33 heavy (non-hydrogen) atoms. The minimum Gasteiger partial charge on any atom is -0.376 e. The number of imidazole rings is 1. The lowest BCUT2D eigenvalue weighted by molar-refractivity contribution is 0.0681. The van der Waals surface area contributed by atoms with Crippen molar-refractivity contribution in [3.05, 3.63) is 87.9 Å². The molecular formula is C22H13ClF2N4O4. The van der Waals surface area contributed by atoms with Crippen LogP contribution in [-0.2, 0) is 5.72 Å². The highest BCUT2D eigenvalue weighted by Gasteiger charge is 2.53. The summed E-state index contributed by atoms with van der Waals surface area (Å²) in [6.45, 7) is 0. The van der Waals surface area contributed by atoms with Gasteiger partial charge in [0.2, 0.25) is 5.72 Å². The van der Waals surface area contributed by atoms with Gasteiger partial charge in [0, 0.05) is 5.56 Å². The number of primary amides is 1. The van der Waals surface area contributed by atoms with Gasteiger partial charge in [-0.2, -0.15) is 4.98 Å². The number of benzene rings is 3. The van der Waals surface area contributed by atoms with Crippen LogP contribution in [0.2, 0.25) is 5.02 Å². The molecule has 11 heteroatoms. The van der Waals surface area contributed by atoms with Crippen molar-refractivity contribution in [2.24, 2.45) is 5.73 Å². The van der Waals surface area contributed by atoms with Crippen LogP contribution in [0.3, 0.4) is 0 Å². The molecule has 0 radical (unpaired) electrons. The number of carbonyl (C=O) groups excluding carboxylic acids is 2. The molecule has 4 N–H and O–H groups in total. The van der Waals surface area contributed by atoms with E-state index in [0.29, 0.717) is 5.52 Å². The number of hydrogen-bond donors (Lipinski definition) is 3. The van der Waals surface area contributed by atoms with Crippen molar-refractivity contribution in [2.75, 3.05) is 4.90 Å². The second-order valence-electron chi connectivity index (χ2n) is 7.24. The molecule has 4 aromatic rings. The number of aromatic amines is 1. The first-order valence-electron chi connectivity index (χ1n) is 9.49. The molecule has 1 aliphatic rings. The average Bonchev–Trinajstić information content (AvgIpc) is 3.26. The maximum atomic E-state index is 15.0. The molecule has 166 valence electrons. The van der Waals surface area contributed by atoms with E-state index in [-0.39, 0.29) is 38.9 Å². The van der Waals surface area contributed by atoms with Crippen molar-refractivity contribution in [1.82, 2.24) is 9.97 Å². The lowest BCUT2D eigenvalue weighted by atomic mass is 9.92. The lowest BCUT2D eigenvalue weighted by Gasteiger charge is -2.35. The highest BCUT2D eigenvalue weighted by molar-refractivity contribution is 6.31. The molecule has 1 atom stereocenters. The molecular weight excluding hydrogens is 458 g/mol. The fourth-order valence-corrected chi connectivity index (χ4v) is 4.17.